The number of hydrogen-bond acceptors (Lipinski definition) is 0. The van der Waals surface area contributed by atoms with Gasteiger partial charge in [0.2, 0.25) is 0 Å². The summed E-state index contributed by atoms with van der Waals surface area (Å²) in [4.78, 5) is 0. The Morgan fingerprint density at radius 3 is 1.35 bits per heavy atom. The van der Waals surface area contributed by atoms with Crippen LogP contribution in [0.15, 0.2) is 97.1 Å². The first-order valence-electron chi connectivity index (χ1n) is 15.1. The fourth-order valence-electron chi connectivity index (χ4n) is 5.69. The molecule has 0 amide bonds. The van der Waals surface area contributed by atoms with E-state index >= 15 is 0 Å². The second-order valence-corrected chi connectivity index (χ2v) is 15.6. The zero-order valence-corrected chi connectivity index (χ0v) is 33.6. The summed E-state index contributed by atoms with van der Waals surface area (Å²) < 4.78 is 1.31. The van der Waals surface area contributed by atoms with Crippen molar-refractivity contribution < 1.29 is 24.2 Å². The zero-order valence-electron chi connectivity index (χ0n) is 28.0. The van der Waals surface area contributed by atoms with Gasteiger partial charge in [0.1, 0.15) is 0 Å². The van der Waals surface area contributed by atoms with Gasteiger partial charge in [-0.3, -0.25) is 6.08 Å². The van der Waals surface area contributed by atoms with Crippen LogP contribution in [-0.4, -0.2) is 3.21 Å². The van der Waals surface area contributed by atoms with Gasteiger partial charge in [0.25, 0.3) is 0 Å². The summed E-state index contributed by atoms with van der Waals surface area (Å²) in [5.74, 6) is 0. The van der Waals surface area contributed by atoms with Crippen LogP contribution in [0.2, 0.25) is 10.0 Å². The predicted molar refractivity (Wildman–Crippen MR) is 206 cm³/mol. The van der Waals surface area contributed by atoms with Crippen LogP contribution in [0.5, 0.6) is 0 Å². The number of halogens is 4. The standard InChI is InChI=1S/C23H29.C13H8Cl2.C5H5.2ClH.Zr/c1-14-9-16-11-17-10-15(2)21(23(6,7)8)13-19(17)18(16)12-20(14)22(3,4)5;14-12-5-1-10(2-6-12)9-11-3-7-13(15)8-4-11;1-2-4-5-3-1;;;/h9-13H,1-8H3;1-8H;1-3H,4H2;2*1H;/q-1;;-1;;;+2. The minimum absolute atomic E-state index is 0. The van der Waals surface area contributed by atoms with Crippen molar-refractivity contribution in [2.24, 2.45) is 0 Å². The number of hydrogen-bond donors (Lipinski definition) is 0. The van der Waals surface area contributed by atoms with E-state index in [0.29, 0.717) is 0 Å². The topological polar surface area (TPSA) is 0 Å². The molecule has 0 saturated carbocycles. The maximum atomic E-state index is 5.86. The molecule has 0 spiro atoms. The van der Waals surface area contributed by atoms with E-state index < -0.39 is 0 Å². The van der Waals surface area contributed by atoms with Crippen LogP contribution in [-0.2, 0) is 35.1 Å². The van der Waals surface area contributed by atoms with Gasteiger partial charge in [0.05, 0.1) is 0 Å². The molecule has 0 nitrogen and oxygen atoms in total. The van der Waals surface area contributed by atoms with E-state index in [9.17, 15) is 0 Å². The Morgan fingerprint density at radius 2 is 1.07 bits per heavy atom. The average molecular weight is 770 g/mol. The van der Waals surface area contributed by atoms with Crippen molar-refractivity contribution in [3.05, 3.63) is 147 Å². The van der Waals surface area contributed by atoms with Crippen LogP contribution in [0.4, 0.5) is 0 Å². The van der Waals surface area contributed by atoms with Crippen molar-refractivity contribution in [3.63, 3.8) is 0 Å². The molecule has 0 N–H and O–H groups in total. The maximum Gasteiger partial charge on any atom is -0.109 e. The van der Waals surface area contributed by atoms with E-state index in [2.05, 4.69) is 97.9 Å². The summed E-state index contributed by atoms with van der Waals surface area (Å²) >= 11 is 13.1. The van der Waals surface area contributed by atoms with Gasteiger partial charge < -0.3 is 0 Å². The minimum atomic E-state index is 0. The SMILES string of the molecule is Cc1cc2[cH-]c3cc(C)c(C(C)(C)C)cc3c2cc1C(C)(C)C.Cl.Cl.Clc1ccc([C](=[Zr+2])c2ccc(Cl)cc2)cc1.[C-]1=CC=CC1. The van der Waals surface area contributed by atoms with Crippen LogP contribution in [0, 0.1) is 19.9 Å². The molecule has 5 aromatic carbocycles. The van der Waals surface area contributed by atoms with Crippen molar-refractivity contribution in [1.29, 1.82) is 0 Å². The Morgan fingerprint density at radius 1 is 0.674 bits per heavy atom. The van der Waals surface area contributed by atoms with E-state index in [1.165, 1.54) is 82.4 Å². The first-order chi connectivity index (χ1) is 20.6. The fourth-order valence-corrected chi connectivity index (χ4v) is 6.76. The summed E-state index contributed by atoms with van der Waals surface area (Å²) in [6.45, 7) is 18.3. The first kappa shape index (κ1) is 40.3. The van der Waals surface area contributed by atoms with Crippen molar-refractivity contribution >= 4 is 72.8 Å². The smallest absolute Gasteiger partial charge is 0.109 e. The van der Waals surface area contributed by atoms with E-state index in [1.54, 1.807) is 0 Å². The van der Waals surface area contributed by atoms with Gasteiger partial charge in [-0.15, -0.1) is 71.0 Å². The number of allylic oxidation sites excluding steroid dienone is 4. The second kappa shape index (κ2) is 17.0. The van der Waals surface area contributed by atoms with Gasteiger partial charge in [-0.05, 0) is 24.7 Å². The zero-order chi connectivity index (χ0) is 32.2. The molecule has 1 aliphatic carbocycles. The Bertz CT molecular complexity index is 1690. The molecular formula is C41H44Cl4Zr. The molecule has 5 heteroatoms. The van der Waals surface area contributed by atoms with E-state index in [4.69, 9.17) is 23.2 Å². The van der Waals surface area contributed by atoms with Gasteiger partial charge >= 0.3 is 120 Å². The Balaban J connectivity index is 0.000000278. The molecule has 0 aromatic heterocycles. The van der Waals surface area contributed by atoms with Crippen molar-refractivity contribution in [2.45, 2.75) is 72.6 Å². The van der Waals surface area contributed by atoms with Crippen LogP contribution < -0.4 is 0 Å². The van der Waals surface area contributed by atoms with E-state index in [-0.39, 0.29) is 35.6 Å². The summed E-state index contributed by atoms with van der Waals surface area (Å²) in [5.41, 5.74) is 8.49. The summed E-state index contributed by atoms with van der Waals surface area (Å²) in [6, 6.07) is 27.8. The minimum Gasteiger partial charge on any atom is -0.273 e. The monoisotopic (exact) mass is 766 g/mol. The molecule has 46 heavy (non-hydrogen) atoms. The number of aryl methyl sites for hydroxylation is 2. The predicted octanol–water partition coefficient (Wildman–Crippen LogP) is 13.2. The van der Waals surface area contributed by atoms with Crippen LogP contribution in [0.1, 0.15) is 81.3 Å². The third kappa shape index (κ3) is 10.3. The van der Waals surface area contributed by atoms with E-state index in [0.717, 1.165) is 16.5 Å². The molecule has 0 saturated heterocycles. The third-order valence-electron chi connectivity index (χ3n) is 7.86. The molecule has 0 bridgehead atoms. The number of benzene rings is 4. The van der Waals surface area contributed by atoms with Gasteiger partial charge in [0.15, 0.2) is 0 Å². The molecule has 5 aromatic rings. The van der Waals surface area contributed by atoms with Crippen LogP contribution in [0.3, 0.4) is 0 Å². The first-order valence-corrected chi connectivity index (χ1v) is 17.1. The van der Waals surface area contributed by atoms with E-state index in [1.807, 2.05) is 60.7 Å². The largest absolute Gasteiger partial charge is 0.273 e. The molecule has 0 atom stereocenters. The van der Waals surface area contributed by atoms with Gasteiger partial charge in [0, 0.05) is 0 Å². The van der Waals surface area contributed by atoms with Crippen molar-refractivity contribution in [1.82, 2.24) is 0 Å². The van der Waals surface area contributed by atoms with Gasteiger partial charge in [-0.25, -0.2) is 12.2 Å². The summed E-state index contributed by atoms with van der Waals surface area (Å²) in [6.07, 6.45) is 10.0. The molecule has 0 radical (unpaired) electrons. The van der Waals surface area contributed by atoms with Crippen LogP contribution in [0.25, 0.3) is 21.5 Å². The van der Waals surface area contributed by atoms with Crippen molar-refractivity contribution in [2.75, 3.05) is 0 Å². The number of rotatable bonds is 2. The van der Waals surface area contributed by atoms with Gasteiger partial charge in [-0.1, -0.05) is 75.9 Å². The van der Waals surface area contributed by atoms with Gasteiger partial charge in [-0.2, -0.15) is 6.08 Å². The normalized spacial score (nSPS) is 12.1. The molecule has 0 heterocycles. The fraction of sp³-hybridized carbons (Fsp3) is 0.268. The number of fused-ring (bicyclic) bond motifs is 3. The molecule has 0 fully saturated rings. The molecule has 0 unspecified atom stereocenters. The quantitative estimate of drug-likeness (QED) is 0.157. The summed E-state index contributed by atoms with van der Waals surface area (Å²) in [7, 11) is 0. The molecular weight excluding hydrogens is 725 g/mol. The van der Waals surface area contributed by atoms with Crippen LogP contribution >= 0.6 is 48.0 Å². The Labute approximate surface area is 313 Å². The third-order valence-corrected chi connectivity index (χ3v) is 9.79. The Kier molecular flexibility index (Phi) is 14.9. The van der Waals surface area contributed by atoms with Crippen molar-refractivity contribution in [3.8, 4) is 0 Å². The second-order valence-electron chi connectivity index (χ2n) is 13.5. The molecule has 1 aliphatic rings. The summed E-state index contributed by atoms with van der Waals surface area (Å²) in [5, 5.41) is 7.08. The molecule has 240 valence electrons. The molecule has 0 aliphatic heterocycles. The molecule has 6 rings (SSSR count). The Hall–Kier alpha value is -1.86. The average Bonchev–Trinajstić information content (AvgIpc) is 3.63. The maximum absolute atomic E-state index is 5.86.